The molecule has 0 aliphatic heterocycles. The molecule has 0 bridgehead atoms. The van der Waals surface area contributed by atoms with Gasteiger partial charge in [0, 0.05) is 32.1 Å². The zero-order valence-electron chi connectivity index (χ0n) is 9.81. The van der Waals surface area contributed by atoms with Crippen molar-refractivity contribution >= 4 is 5.69 Å². The molecule has 0 saturated heterocycles. The second-order valence-electron chi connectivity index (χ2n) is 3.94. The largest absolute Gasteiger partial charge is 0.377 e. The summed E-state index contributed by atoms with van der Waals surface area (Å²) in [5, 5.41) is 0. The van der Waals surface area contributed by atoms with E-state index >= 15 is 0 Å². The van der Waals surface area contributed by atoms with Gasteiger partial charge in [-0.1, -0.05) is 12.1 Å². The Labute approximate surface area is 95.8 Å². The number of hydrogen-bond acceptors (Lipinski definition) is 3. The summed E-state index contributed by atoms with van der Waals surface area (Å²) in [5.74, 6) is 0.773. The fourth-order valence-corrected chi connectivity index (χ4v) is 1.87. The highest BCUT2D eigenvalue weighted by molar-refractivity contribution is 5.76. The van der Waals surface area contributed by atoms with Crippen LogP contribution < -0.4 is 4.90 Å². The maximum absolute atomic E-state index is 4.30. The van der Waals surface area contributed by atoms with Gasteiger partial charge in [-0.05, 0) is 24.6 Å². The highest BCUT2D eigenvalue weighted by Crippen LogP contribution is 2.29. The van der Waals surface area contributed by atoms with Gasteiger partial charge in [0.15, 0.2) is 5.82 Å². The van der Waals surface area contributed by atoms with Gasteiger partial charge >= 0.3 is 0 Å². The summed E-state index contributed by atoms with van der Waals surface area (Å²) in [4.78, 5) is 10.7. The van der Waals surface area contributed by atoms with Crippen molar-refractivity contribution < 1.29 is 0 Å². The smallest absolute Gasteiger partial charge is 0.161 e. The minimum absolute atomic E-state index is 0.773. The highest BCUT2D eigenvalue weighted by atomic mass is 15.1. The molecule has 0 fully saturated rings. The number of para-hydroxylation sites is 1. The zero-order chi connectivity index (χ0) is 11.5. The van der Waals surface area contributed by atoms with Crippen LogP contribution in [0.25, 0.3) is 11.4 Å². The molecule has 0 saturated carbocycles. The van der Waals surface area contributed by atoms with E-state index in [1.807, 2.05) is 26.2 Å². The molecule has 0 radical (unpaired) electrons. The lowest BCUT2D eigenvalue weighted by Gasteiger charge is -2.19. The molecule has 82 valence electrons. The molecule has 1 aromatic heterocycles. The number of anilines is 1. The number of rotatable bonds is 2. The summed E-state index contributed by atoms with van der Waals surface area (Å²) in [6, 6.07) is 8.02. The minimum Gasteiger partial charge on any atom is -0.377 e. The molecule has 2 aromatic rings. The summed E-state index contributed by atoms with van der Waals surface area (Å²) in [6.45, 7) is 2.10. The first-order chi connectivity index (χ1) is 7.70. The number of benzene rings is 1. The van der Waals surface area contributed by atoms with E-state index < -0.39 is 0 Å². The maximum Gasteiger partial charge on any atom is 0.161 e. The highest BCUT2D eigenvalue weighted by Gasteiger charge is 2.10. The van der Waals surface area contributed by atoms with Crippen LogP contribution in [-0.4, -0.2) is 24.1 Å². The molecule has 0 aliphatic carbocycles. The van der Waals surface area contributed by atoms with Gasteiger partial charge in [0.1, 0.15) is 0 Å². The molecular weight excluding hydrogens is 198 g/mol. The van der Waals surface area contributed by atoms with Crippen molar-refractivity contribution in [2.45, 2.75) is 6.92 Å². The van der Waals surface area contributed by atoms with Gasteiger partial charge in [-0.3, -0.25) is 0 Å². The van der Waals surface area contributed by atoms with Crippen LogP contribution in [0.1, 0.15) is 5.56 Å². The number of aromatic nitrogens is 2. The van der Waals surface area contributed by atoms with Gasteiger partial charge in [0.2, 0.25) is 0 Å². The van der Waals surface area contributed by atoms with Crippen molar-refractivity contribution in [1.29, 1.82) is 0 Å². The van der Waals surface area contributed by atoms with Crippen molar-refractivity contribution in [2.75, 3.05) is 19.0 Å². The summed E-state index contributed by atoms with van der Waals surface area (Å²) < 4.78 is 0. The van der Waals surface area contributed by atoms with E-state index in [2.05, 4.69) is 33.9 Å². The predicted octanol–water partition coefficient (Wildman–Crippen LogP) is 2.52. The molecule has 1 aromatic carbocycles. The summed E-state index contributed by atoms with van der Waals surface area (Å²) in [7, 11) is 4.07. The number of aryl methyl sites for hydroxylation is 1. The Balaban J connectivity index is 2.61. The van der Waals surface area contributed by atoms with Gasteiger partial charge in [0.05, 0.1) is 5.69 Å². The van der Waals surface area contributed by atoms with Crippen LogP contribution in [0.5, 0.6) is 0 Å². The summed E-state index contributed by atoms with van der Waals surface area (Å²) in [6.07, 6.45) is 3.54. The Kier molecular flexibility index (Phi) is 2.86. The third-order valence-electron chi connectivity index (χ3n) is 2.49. The average molecular weight is 213 g/mol. The molecule has 16 heavy (non-hydrogen) atoms. The van der Waals surface area contributed by atoms with Crippen LogP contribution in [-0.2, 0) is 0 Å². The van der Waals surface area contributed by atoms with Crippen molar-refractivity contribution in [1.82, 2.24) is 9.97 Å². The Bertz CT molecular complexity index is 478. The van der Waals surface area contributed by atoms with Crippen molar-refractivity contribution in [3.8, 4) is 11.4 Å². The molecule has 0 aliphatic rings. The maximum atomic E-state index is 4.30. The molecule has 2 rings (SSSR count). The van der Waals surface area contributed by atoms with Gasteiger partial charge in [-0.15, -0.1) is 0 Å². The SMILES string of the molecule is Cc1cccc(-c2ncccn2)c1N(C)C. The van der Waals surface area contributed by atoms with Gasteiger partial charge in [-0.2, -0.15) is 0 Å². The average Bonchev–Trinajstić information content (AvgIpc) is 2.29. The topological polar surface area (TPSA) is 29.0 Å². The van der Waals surface area contributed by atoms with Crippen LogP contribution in [0, 0.1) is 6.92 Å². The van der Waals surface area contributed by atoms with Crippen molar-refractivity contribution in [3.05, 3.63) is 42.2 Å². The van der Waals surface area contributed by atoms with E-state index in [1.165, 1.54) is 11.3 Å². The van der Waals surface area contributed by atoms with E-state index in [0.29, 0.717) is 0 Å². The monoisotopic (exact) mass is 213 g/mol. The van der Waals surface area contributed by atoms with Crippen molar-refractivity contribution in [2.24, 2.45) is 0 Å². The van der Waals surface area contributed by atoms with E-state index in [-0.39, 0.29) is 0 Å². The molecular formula is C13H15N3. The van der Waals surface area contributed by atoms with Gasteiger partial charge in [-0.25, -0.2) is 9.97 Å². The van der Waals surface area contributed by atoms with E-state index in [4.69, 9.17) is 0 Å². The van der Waals surface area contributed by atoms with Crippen LogP contribution in [0.4, 0.5) is 5.69 Å². The van der Waals surface area contributed by atoms with Crippen molar-refractivity contribution in [3.63, 3.8) is 0 Å². The lowest BCUT2D eigenvalue weighted by molar-refractivity contribution is 1.10. The molecule has 3 nitrogen and oxygen atoms in total. The van der Waals surface area contributed by atoms with E-state index in [1.54, 1.807) is 12.4 Å². The molecule has 0 atom stereocenters. The molecule has 0 unspecified atom stereocenters. The predicted molar refractivity (Wildman–Crippen MR) is 66.5 cm³/mol. The fraction of sp³-hybridized carbons (Fsp3) is 0.231. The Morgan fingerprint density at radius 3 is 2.31 bits per heavy atom. The molecule has 0 amide bonds. The van der Waals surface area contributed by atoms with Crippen LogP contribution in [0.2, 0.25) is 0 Å². The fourth-order valence-electron chi connectivity index (χ4n) is 1.87. The second-order valence-corrected chi connectivity index (χ2v) is 3.94. The van der Waals surface area contributed by atoms with Crippen LogP contribution in [0.3, 0.4) is 0 Å². The Morgan fingerprint density at radius 2 is 1.69 bits per heavy atom. The summed E-state index contributed by atoms with van der Waals surface area (Å²) >= 11 is 0. The minimum atomic E-state index is 0.773. The number of nitrogens with zero attached hydrogens (tertiary/aromatic N) is 3. The first-order valence-corrected chi connectivity index (χ1v) is 5.24. The quantitative estimate of drug-likeness (QED) is 0.767. The number of hydrogen-bond donors (Lipinski definition) is 0. The van der Waals surface area contributed by atoms with Crippen LogP contribution >= 0.6 is 0 Å². The second kappa shape index (κ2) is 4.31. The van der Waals surface area contributed by atoms with Crippen LogP contribution in [0.15, 0.2) is 36.7 Å². The van der Waals surface area contributed by atoms with E-state index in [0.717, 1.165) is 11.4 Å². The van der Waals surface area contributed by atoms with Gasteiger partial charge in [0.25, 0.3) is 0 Å². The first kappa shape index (κ1) is 10.6. The zero-order valence-corrected chi connectivity index (χ0v) is 9.81. The summed E-state index contributed by atoms with van der Waals surface area (Å²) in [5.41, 5.74) is 3.48. The third-order valence-corrected chi connectivity index (χ3v) is 2.49. The standard InChI is InChI=1S/C13H15N3/c1-10-6-4-7-11(12(10)16(2)3)13-14-8-5-9-15-13/h4-9H,1-3H3. The molecule has 0 N–H and O–H groups in total. The lowest BCUT2D eigenvalue weighted by Crippen LogP contribution is -2.12. The Hall–Kier alpha value is -1.90. The lowest BCUT2D eigenvalue weighted by atomic mass is 10.1. The van der Waals surface area contributed by atoms with Gasteiger partial charge < -0.3 is 4.90 Å². The first-order valence-electron chi connectivity index (χ1n) is 5.24. The Morgan fingerprint density at radius 1 is 1.00 bits per heavy atom. The molecule has 0 spiro atoms. The normalized spacial score (nSPS) is 10.2. The third kappa shape index (κ3) is 1.89. The molecule has 1 heterocycles. The van der Waals surface area contributed by atoms with E-state index in [9.17, 15) is 0 Å². The molecule has 3 heteroatoms.